The highest BCUT2D eigenvalue weighted by Gasteiger charge is 2.27. The Bertz CT molecular complexity index is 843. The van der Waals surface area contributed by atoms with Gasteiger partial charge in [-0.05, 0) is 66.3 Å². The number of carbonyl (C=O) groups excluding carboxylic acids is 2. The summed E-state index contributed by atoms with van der Waals surface area (Å²) in [5, 5.41) is 13.0. The number of rotatable bonds is 8. The molecule has 2 aromatic rings. The molecule has 2 atom stereocenters. The molecule has 0 bridgehead atoms. The molecule has 0 aliphatic rings. The van der Waals surface area contributed by atoms with E-state index >= 15 is 0 Å². The van der Waals surface area contributed by atoms with Crippen molar-refractivity contribution in [3.63, 3.8) is 0 Å². The Balaban J connectivity index is 2.14. The summed E-state index contributed by atoms with van der Waals surface area (Å²) in [4.78, 5) is 23.8. The molecule has 2 N–H and O–H groups in total. The van der Waals surface area contributed by atoms with Gasteiger partial charge in [-0.2, -0.15) is 12.6 Å². The number of phenols is 1. The van der Waals surface area contributed by atoms with Crippen molar-refractivity contribution in [2.75, 3.05) is 17.7 Å². The summed E-state index contributed by atoms with van der Waals surface area (Å²) in [6, 6.07) is 12.5. The van der Waals surface area contributed by atoms with Crippen LogP contribution in [0, 0.1) is 16.4 Å². The van der Waals surface area contributed by atoms with Gasteiger partial charge in [-0.25, -0.2) is 4.79 Å². The maximum atomic E-state index is 12.5. The van der Waals surface area contributed by atoms with E-state index in [4.69, 9.17) is 9.47 Å². The fourth-order valence-electron chi connectivity index (χ4n) is 2.69. The van der Waals surface area contributed by atoms with Crippen LogP contribution in [0.25, 0.3) is 0 Å². The molecule has 1 amide bonds. The Morgan fingerprint density at radius 1 is 1.21 bits per heavy atom. The number of benzene rings is 2. The van der Waals surface area contributed by atoms with Crippen molar-refractivity contribution in [2.24, 2.45) is 5.92 Å². The van der Waals surface area contributed by atoms with Gasteiger partial charge in [-0.15, -0.1) is 0 Å². The highest BCUT2D eigenvalue weighted by Crippen LogP contribution is 2.35. The normalized spacial score (nSPS) is 12.7. The standard InChI is InChI=1S/C21H24INO5S/c1-13-3-6-16(7-4-13)23-21(26)28-20(14(2)9-10-27-19(25)12-29)17-11-15(22)5-8-18(17)24/h3-8,11,14,20,24,29H,9-10,12H2,1-2H3,(H,23,26)/t14-,20-/m1/s1. The lowest BCUT2D eigenvalue weighted by atomic mass is 9.94. The average Bonchev–Trinajstić information content (AvgIpc) is 2.69. The Labute approximate surface area is 189 Å². The number of anilines is 1. The van der Waals surface area contributed by atoms with Crippen LogP contribution in [0.3, 0.4) is 0 Å². The summed E-state index contributed by atoms with van der Waals surface area (Å²) in [7, 11) is 0. The van der Waals surface area contributed by atoms with Crippen LogP contribution in [0.2, 0.25) is 0 Å². The fourth-order valence-corrected chi connectivity index (χ4v) is 3.30. The second-order valence-electron chi connectivity index (χ2n) is 6.66. The van der Waals surface area contributed by atoms with E-state index in [-0.39, 0.29) is 24.0 Å². The molecule has 0 spiro atoms. The number of aryl methyl sites for hydroxylation is 1. The molecule has 0 aliphatic carbocycles. The van der Waals surface area contributed by atoms with E-state index < -0.39 is 18.2 Å². The monoisotopic (exact) mass is 529 g/mol. The highest BCUT2D eigenvalue weighted by atomic mass is 127. The van der Waals surface area contributed by atoms with Crippen LogP contribution in [0.1, 0.15) is 30.6 Å². The van der Waals surface area contributed by atoms with Crippen LogP contribution in [0.15, 0.2) is 42.5 Å². The average molecular weight is 529 g/mol. The van der Waals surface area contributed by atoms with Gasteiger partial charge in [0, 0.05) is 20.7 Å². The van der Waals surface area contributed by atoms with Gasteiger partial charge in [0.25, 0.3) is 0 Å². The molecule has 0 saturated heterocycles. The van der Waals surface area contributed by atoms with Crippen LogP contribution in [0.4, 0.5) is 10.5 Å². The van der Waals surface area contributed by atoms with E-state index in [0.29, 0.717) is 17.7 Å². The molecular weight excluding hydrogens is 505 g/mol. The molecule has 0 fully saturated rings. The number of hydrogen-bond donors (Lipinski definition) is 3. The van der Waals surface area contributed by atoms with Gasteiger partial charge in [-0.3, -0.25) is 10.1 Å². The third-order valence-electron chi connectivity index (χ3n) is 4.31. The highest BCUT2D eigenvalue weighted by molar-refractivity contribution is 14.1. The number of carbonyl (C=O) groups is 2. The molecule has 0 heterocycles. The zero-order valence-corrected chi connectivity index (χ0v) is 19.3. The summed E-state index contributed by atoms with van der Waals surface area (Å²) < 4.78 is 11.7. The Morgan fingerprint density at radius 3 is 2.55 bits per heavy atom. The van der Waals surface area contributed by atoms with E-state index in [9.17, 15) is 14.7 Å². The minimum Gasteiger partial charge on any atom is -0.508 e. The van der Waals surface area contributed by atoms with E-state index in [2.05, 4.69) is 40.5 Å². The topological polar surface area (TPSA) is 84.9 Å². The summed E-state index contributed by atoms with van der Waals surface area (Å²) in [6.45, 7) is 4.00. The first-order chi connectivity index (χ1) is 13.8. The van der Waals surface area contributed by atoms with E-state index in [1.165, 1.54) is 0 Å². The predicted octanol–water partition coefficient (Wildman–Crippen LogP) is 5.09. The molecule has 0 unspecified atom stereocenters. The number of hydrogen-bond acceptors (Lipinski definition) is 6. The number of esters is 1. The van der Waals surface area contributed by atoms with E-state index in [0.717, 1.165) is 9.13 Å². The first-order valence-corrected chi connectivity index (χ1v) is 10.8. The van der Waals surface area contributed by atoms with Gasteiger partial charge in [0.2, 0.25) is 0 Å². The second kappa shape index (κ2) is 11.3. The molecule has 6 nitrogen and oxygen atoms in total. The molecule has 0 aromatic heterocycles. The van der Waals surface area contributed by atoms with Crippen LogP contribution in [0.5, 0.6) is 5.75 Å². The zero-order valence-electron chi connectivity index (χ0n) is 16.2. The van der Waals surface area contributed by atoms with Crippen molar-refractivity contribution < 1.29 is 24.2 Å². The van der Waals surface area contributed by atoms with Crippen LogP contribution in [-0.4, -0.2) is 29.5 Å². The lowest BCUT2D eigenvalue weighted by Gasteiger charge is -2.25. The molecule has 8 heteroatoms. The number of amides is 1. The minimum atomic E-state index is -0.718. The third kappa shape index (κ3) is 7.43. The molecule has 29 heavy (non-hydrogen) atoms. The smallest absolute Gasteiger partial charge is 0.412 e. The SMILES string of the molecule is Cc1ccc(NC(=O)O[C@@H](c2cc(I)ccc2O)[C@H](C)CCOC(=O)CS)cc1. The Kier molecular flexibility index (Phi) is 9.09. The van der Waals surface area contributed by atoms with Crippen LogP contribution < -0.4 is 5.32 Å². The van der Waals surface area contributed by atoms with Crippen molar-refractivity contribution >= 4 is 53.0 Å². The maximum Gasteiger partial charge on any atom is 0.412 e. The lowest BCUT2D eigenvalue weighted by Crippen LogP contribution is -2.23. The number of aromatic hydroxyl groups is 1. The van der Waals surface area contributed by atoms with Gasteiger partial charge >= 0.3 is 12.1 Å². The Morgan fingerprint density at radius 2 is 1.90 bits per heavy atom. The number of phenolic OH excluding ortho intramolecular Hbond substituents is 1. The second-order valence-corrected chi connectivity index (χ2v) is 8.23. The number of nitrogens with one attached hydrogen (secondary N) is 1. The van der Waals surface area contributed by atoms with E-state index in [1.807, 2.05) is 26.0 Å². The summed E-state index contributed by atoms with van der Waals surface area (Å²) in [5.74, 6) is -0.578. The Hall–Kier alpha value is -1.94. The van der Waals surface area contributed by atoms with Crippen molar-refractivity contribution in [3.05, 3.63) is 57.2 Å². The largest absolute Gasteiger partial charge is 0.508 e. The number of halogens is 1. The predicted molar refractivity (Wildman–Crippen MR) is 123 cm³/mol. The number of thiol groups is 1. The van der Waals surface area contributed by atoms with Gasteiger partial charge in [0.05, 0.1) is 12.4 Å². The van der Waals surface area contributed by atoms with Crippen molar-refractivity contribution in [2.45, 2.75) is 26.4 Å². The molecule has 0 aliphatic heterocycles. The summed E-state index contributed by atoms with van der Waals surface area (Å²) in [6.07, 6.45) is -0.895. The lowest BCUT2D eigenvalue weighted by molar-refractivity contribution is -0.141. The quantitative estimate of drug-likeness (QED) is 0.252. The summed E-state index contributed by atoms with van der Waals surface area (Å²) in [5.41, 5.74) is 2.19. The molecule has 0 radical (unpaired) electrons. The van der Waals surface area contributed by atoms with Crippen molar-refractivity contribution in [1.29, 1.82) is 0 Å². The van der Waals surface area contributed by atoms with Gasteiger partial charge < -0.3 is 14.6 Å². The molecule has 2 aromatic carbocycles. The van der Waals surface area contributed by atoms with E-state index in [1.54, 1.807) is 30.3 Å². The molecular formula is C21H24INO5S. The van der Waals surface area contributed by atoms with Gasteiger partial charge in [0.1, 0.15) is 11.9 Å². The molecule has 2 rings (SSSR count). The van der Waals surface area contributed by atoms with Crippen molar-refractivity contribution in [1.82, 2.24) is 0 Å². The fraction of sp³-hybridized carbons (Fsp3) is 0.333. The van der Waals surface area contributed by atoms with Gasteiger partial charge in [0.15, 0.2) is 0 Å². The van der Waals surface area contributed by atoms with Gasteiger partial charge in [-0.1, -0.05) is 24.6 Å². The first-order valence-electron chi connectivity index (χ1n) is 9.09. The minimum absolute atomic E-state index is 0.00489. The van der Waals surface area contributed by atoms with Crippen molar-refractivity contribution in [3.8, 4) is 5.75 Å². The van der Waals surface area contributed by atoms with Crippen LogP contribution in [-0.2, 0) is 14.3 Å². The van der Waals surface area contributed by atoms with Crippen LogP contribution >= 0.6 is 35.2 Å². The number of ether oxygens (including phenoxy) is 2. The first kappa shape index (κ1) is 23.3. The summed E-state index contributed by atoms with van der Waals surface area (Å²) >= 11 is 6.01. The zero-order chi connectivity index (χ0) is 21.4. The maximum absolute atomic E-state index is 12.5. The molecule has 156 valence electrons. The molecule has 0 saturated carbocycles. The third-order valence-corrected chi connectivity index (χ3v) is 5.24.